The summed E-state index contributed by atoms with van der Waals surface area (Å²) >= 11 is 3.19. The normalized spacial score (nSPS) is 10.4. The van der Waals surface area contributed by atoms with Crippen LogP contribution in [-0.4, -0.2) is 10.2 Å². The smallest absolute Gasteiger partial charge is 0.169 e. The van der Waals surface area contributed by atoms with Crippen LogP contribution in [0, 0.1) is 0 Å². The van der Waals surface area contributed by atoms with Gasteiger partial charge in [0.15, 0.2) is 16.2 Å². The van der Waals surface area contributed by atoms with E-state index in [1.54, 1.807) is 18.2 Å². The molecule has 0 saturated heterocycles. The summed E-state index contributed by atoms with van der Waals surface area (Å²) in [6.45, 7) is 0. The van der Waals surface area contributed by atoms with Gasteiger partial charge in [0, 0.05) is 0 Å². The quantitative estimate of drug-likeness (QED) is 0.808. The van der Waals surface area contributed by atoms with Gasteiger partial charge in [0.05, 0.1) is 5.69 Å². The van der Waals surface area contributed by atoms with Crippen LogP contribution in [0.2, 0.25) is 0 Å². The molecule has 0 aliphatic heterocycles. The summed E-state index contributed by atoms with van der Waals surface area (Å²) in [6.07, 6.45) is 0. The van der Waals surface area contributed by atoms with Gasteiger partial charge >= 0.3 is 0 Å². The summed E-state index contributed by atoms with van der Waals surface area (Å²) in [5, 5.41) is 7.54. The lowest BCUT2D eigenvalue weighted by Crippen LogP contribution is -2.00. The molecular formula is C8H7BrN4O. The third-order valence-corrected chi connectivity index (χ3v) is 2.11. The Morgan fingerprint density at radius 1 is 1.21 bits per heavy atom. The van der Waals surface area contributed by atoms with Gasteiger partial charge in [0.1, 0.15) is 5.69 Å². The van der Waals surface area contributed by atoms with Gasteiger partial charge in [-0.1, -0.05) is 0 Å². The van der Waals surface area contributed by atoms with Crippen LogP contribution in [0.5, 0.6) is 0 Å². The number of halogens is 1. The SMILES string of the molecule is Nc1cc(-c2ccc(Br)o2)nnc1N. The van der Waals surface area contributed by atoms with E-state index in [0.717, 1.165) is 0 Å². The lowest BCUT2D eigenvalue weighted by atomic mass is 10.3. The summed E-state index contributed by atoms with van der Waals surface area (Å²) in [5.41, 5.74) is 12.0. The molecule has 0 atom stereocenters. The van der Waals surface area contributed by atoms with Crippen LogP contribution in [0.3, 0.4) is 0 Å². The highest BCUT2D eigenvalue weighted by Gasteiger charge is 2.07. The third-order valence-electron chi connectivity index (χ3n) is 1.68. The first-order chi connectivity index (χ1) is 6.66. The summed E-state index contributed by atoms with van der Waals surface area (Å²) in [4.78, 5) is 0. The number of hydrogen-bond acceptors (Lipinski definition) is 5. The average molecular weight is 255 g/mol. The van der Waals surface area contributed by atoms with Crippen LogP contribution in [0.25, 0.3) is 11.5 Å². The van der Waals surface area contributed by atoms with E-state index in [2.05, 4.69) is 26.1 Å². The number of hydrogen-bond donors (Lipinski definition) is 2. The van der Waals surface area contributed by atoms with Crippen LogP contribution in [0.4, 0.5) is 11.5 Å². The monoisotopic (exact) mass is 254 g/mol. The number of nitrogens with zero attached hydrogens (tertiary/aromatic N) is 2. The molecular weight excluding hydrogens is 248 g/mol. The average Bonchev–Trinajstić information content (AvgIpc) is 2.57. The molecule has 72 valence electrons. The molecule has 2 aromatic rings. The predicted octanol–water partition coefficient (Wildman–Crippen LogP) is 1.66. The van der Waals surface area contributed by atoms with Gasteiger partial charge in [-0.05, 0) is 34.1 Å². The van der Waals surface area contributed by atoms with Crippen molar-refractivity contribution in [2.45, 2.75) is 0 Å². The van der Waals surface area contributed by atoms with Crippen LogP contribution in [0.1, 0.15) is 0 Å². The second-order valence-corrected chi connectivity index (χ2v) is 3.46. The second-order valence-electron chi connectivity index (χ2n) is 2.67. The summed E-state index contributed by atoms with van der Waals surface area (Å²) in [5.74, 6) is 0.815. The zero-order chi connectivity index (χ0) is 10.1. The predicted molar refractivity (Wildman–Crippen MR) is 56.3 cm³/mol. The molecule has 0 spiro atoms. The van der Waals surface area contributed by atoms with E-state index in [1.807, 2.05) is 0 Å². The van der Waals surface area contributed by atoms with Crippen LogP contribution in [-0.2, 0) is 0 Å². The maximum atomic E-state index is 5.58. The molecule has 0 radical (unpaired) electrons. The fraction of sp³-hybridized carbons (Fsp3) is 0. The Morgan fingerprint density at radius 2 is 2.00 bits per heavy atom. The topological polar surface area (TPSA) is 91.0 Å². The number of aromatic nitrogens is 2. The molecule has 2 rings (SSSR count). The van der Waals surface area contributed by atoms with Crippen molar-refractivity contribution >= 4 is 27.4 Å². The second kappa shape index (κ2) is 3.30. The Kier molecular flexibility index (Phi) is 2.12. The number of rotatable bonds is 1. The van der Waals surface area contributed by atoms with Crippen LogP contribution in [0.15, 0.2) is 27.3 Å². The fourth-order valence-corrected chi connectivity index (χ4v) is 1.29. The van der Waals surface area contributed by atoms with Crippen molar-refractivity contribution in [2.75, 3.05) is 11.5 Å². The molecule has 2 heterocycles. The van der Waals surface area contributed by atoms with E-state index in [1.165, 1.54) is 0 Å². The highest BCUT2D eigenvalue weighted by Crippen LogP contribution is 2.25. The Morgan fingerprint density at radius 3 is 2.57 bits per heavy atom. The Labute approximate surface area is 88.2 Å². The maximum absolute atomic E-state index is 5.58. The third kappa shape index (κ3) is 1.56. The van der Waals surface area contributed by atoms with Gasteiger partial charge in [-0.25, -0.2) is 0 Å². The minimum atomic E-state index is 0.222. The van der Waals surface area contributed by atoms with E-state index < -0.39 is 0 Å². The van der Waals surface area contributed by atoms with Gasteiger partial charge in [-0.2, -0.15) is 0 Å². The van der Waals surface area contributed by atoms with Gasteiger partial charge in [0.25, 0.3) is 0 Å². The van der Waals surface area contributed by atoms with Gasteiger partial charge in [-0.15, -0.1) is 10.2 Å². The van der Waals surface area contributed by atoms with Crippen molar-refractivity contribution < 1.29 is 4.42 Å². The Hall–Kier alpha value is -1.56. The molecule has 0 saturated carbocycles. The first-order valence-electron chi connectivity index (χ1n) is 3.81. The van der Waals surface area contributed by atoms with Crippen molar-refractivity contribution in [1.82, 2.24) is 10.2 Å². The van der Waals surface area contributed by atoms with E-state index in [0.29, 0.717) is 21.8 Å². The van der Waals surface area contributed by atoms with Crippen LogP contribution >= 0.6 is 15.9 Å². The lowest BCUT2D eigenvalue weighted by Gasteiger charge is -1.99. The van der Waals surface area contributed by atoms with Gasteiger partial charge in [0.2, 0.25) is 0 Å². The standard InChI is InChI=1S/C8H7BrN4O/c9-7-2-1-6(14-7)5-3-4(10)8(11)13-12-5/h1-3H,(H2,10,12)(H2,11,13). The molecule has 0 unspecified atom stereocenters. The molecule has 14 heavy (non-hydrogen) atoms. The van der Waals surface area contributed by atoms with Crippen molar-refractivity contribution in [2.24, 2.45) is 0 Å². The van der Waals surface area contributed by atoms with Crippen molar-refractivity contribution in [3.63, 3.8) is 0 Å². The zero-order valence-electron chi connectivity index (χ0n) is 7.07. The molecule has 0 aliphatic rings. The molecule has 0 fully saturated rings. The minimum Gasteiger partial charge on any atom is -0.448 e. The van der Waals surface area contributed by atoms with E-state index in [4.69, 9.17) is 15.9 Å². The van der Waals surface area contributed by atoms with Crippen molar-refractivity contribution in [3.8, 4) is 11.5 Å². The number of anilines is 2. The summed E-state index contributed by atoms with van der Waals surface area (Å²) in [7, 11) is 0. The first kappa shape index (κ1) is 9.01. The van der Waals surface area contributed by atoms with E-state index in [9.17, 15) is 0 Å². The molecule has 0 amide bonds. The van der Waals surface area contributed by atoms with Gasteiger partial charge < -0.3 is 15.9 Å². The Bertz CT molecular complexity index is 468. The number of furan rings is 1. The highest BCUT2D eigenvalue weighted by atomic mass is 79.9. The van der Waals surface area contributed by atoms with E-state index in [-0.39, 0.29) is 5.82 Å². The fourth-order valence-electron chi connectivity index (χ4n) is 0.988. The molecule has 2 aromatic heterocycles. The molecule has 0 bridgehead atoms. The van der Waals surface area contributed by atoms with Crippen LogP contribution < -0.4 is 11.5 Å². The molecule has 0 aliphatic carbocycles. The molecule has 5 nitrogen and oxygen atoms in total. The minimum absolute atomic E-state index is 0.222. The first-order valence-corrected chi connectivity index (χ1v) is 4.60. The lowest BCUT2D eigenvalue weighted by molar-refractivity contribution is 0.553. The van der Waals surface area contributed by atoms with Crippen molar-refractivity contribution in [3.05, 3.63) is 22.9 Å². The van der Waals surface area contributed by atoms with E-state index >= 15 is 0 Å². The maximum Gasteiger partial charge on any atom is 0.169 e. The number of nitrogen functional groups attached to an aromatic ring is 2. The van der Waals surface area contributed by atoms with Gasteiger partial charge in [-0.3, -0.25) is 0 Å². The molecule has 6 heteroatoms. The summed E-state index contributed by atoms with van der Waals surface area (Å²) in [6, 6.07) is 5.15. The molecule has 4 N–H and O–H groups in total. The number of nitrogens with two attached hydrogens (primary N) is 2. The van der Waals surface area contributed by atoms with Crippen molar-refractivity contribution in [1.29, 1.82) is 0 Å². The highest BCUT2D eigenvalue weighted by molar-refractivity contribution is 9.10. The largest absolute Gasteiger partial charge is 0.448 e. The molecule has 0 aromatic carbocycles. The Balaban J connectivity index is 2.47. The summed E-state index contributed by atoms with van der Waals surface area (Å²) < 4.78 is 5.91. The zero-order valence-corrected chi connectivity index (χ0v) is 8.65.